The number of hydrogen-bond donors (Lipinski definition) is 2. The Morgan fingerprint density at radius 2 is 1.67 bits per heavy atom. The fourth-order valence-electron chi connectivity index (χ4n) is 5.80. The molecule has 7 rings (SSSR count). The minimum Gasteiger partial charge on any atom is -0.484 e. The molecule has 3 amide bonds. The van der Waals surface area contributed by atoms with Crippen molar-refractivity contribution >= 4 is 68.7 Å². The number of nitro benzene ring substituents is 1. The number of anilines is 2. The number of ether oxygens (including phenoxy) is 1. The Kier molecular flexibility index (Phi) is 7.18. The van der Waals surface area contributed by atoms with Crippen molar-refractivity contribution in [3.05, 3.63) is 121 Å². The Morgan fingerprint density at radius 3 is 2.42 bits per heavy atom. The number of aromatic amines is 1. The second kappa shape index (κ2) is 11.3. The number of nitro groups is 1. The molecule has 5 aromatic rings. The van der Waals surface area contributed by atoms with Crippen LogP contribution in [0.5, 0.6) is 5.75 Å². The van der Waals surface area contributed by atoms with Crippen LogP contribution in [0.2, 0.25) is 0 Å². The third kappa shape index (κ3) is 5.15. The quantitative estimate of drug-likeness (QED) is 0.138. The molecule has 0 spiro atoms. The number of thioether (sulfide) groups is 1. The molecule has 1 saturated heterocycles. The lowest BCUT2D eigenvalue weighted by molar-refractivity contribution is -0.384. The molecule has 0 saturated carbocycles. The van der Waals surface area contributed by atoms with E-state index in [0.29, 0.717) is 26.9 Å². The summed E-state index contributed by atoms with van der Waals surface area (Å²) in [4.78, 5) is 67.3. The van der Waals surface area contributed by atoms with E-state index in [1.165, 1.54) is 24.3 Å². The number of aromatic nitrogens is 1. The van der Waals surface area contributed by atoms with Gasteiger partial charge in [-0.25, -0.2) is 4.90 Å². The van der Waals surface area contributed by atoms with Crippen molar-refractivity contribution in [1.29, 1.82) is 0 Å². The lowest BCUT2D eigenvalue weighted by Crippen LogP contribution is -2.32. The number of H-pyrrole nitrogens is 1. The summed E-state index contributed by atoms with van der Waals surface area (Å²) < 4.78 is 5.75. The molecule has 0 bridgehead atoms. The van der Waals surface area contributed by atoms with Crippen molar-refractivity contribution in [2.75, 3.05) is 16.8 Å². The fraction of sp³-hybridized carbons (Fsp3) is 0.125. The van der Waals surface area contributed by atoms with Gasteiger partial charge in [-0.3, -0.25) is 29.3 Å². The van der Waals surface area contributed by atoms with Gasteiger partial charge in [0.15, 0.2) is 6.61 Å². The molecule has 3 atom stereocenters. The molecule has 3 heterocycles. The Balaban J connectivity index is 1.11. The maximum absolute atomic E-state index is 13.9. The first-order valence-electron chi connectivity index (χ1n) is 13.8. The SMILES string of the molecule is O=C(COc1ccc(C2c3sc(=O)[nH]c3SC3C(=O)N(c4ccc([N+](=O)[O-])cc4)C(=O)C32)cc1)Nc1cccc2ccccc12. The summed E-state index contributed by atoms with van der Waals surface area (Å²) in [5, 5.41) is 15.6. The van der Waals surface area contributed by atoms with E-state index in [-0.39, 0.29) is 28.8 Å². The highest BCUT2D eigenvalue weighted by molar-refractivity contribution is 8.00. The van der Waals surface area contributed by atoms with Gasteiger partial charge < -0.3 is 15.0 Å². The third-order valence-electron chi connectivity index (χ3n) is 7.82. The Hall–Kier alpha value is -5.27. The van der Waals surface area contributed by atoms with Gasteiger partial charge in [0.05, 0.1) is 21.6 Å². The van der Waals surface area contributed by atoms with Crippen LogP contribution in [0.3, 0.4) is 0 Å². The molecule has 1 fully saturated rings. The summed E-state index contributed by atoms with van der Waals surface area (Å²) in [5.41, 5.74) is 1.46. The van der Waals surface area contributed by atoms with Crippen molar-refractivity contribution in [1.82, 2.24) is 4.98 Å². The van der Waals surface area contributed by atoms with Crippen LogP contribution in [0.1, 0.15) is 16.4 Å². The zero-order valence-electron chi connectivity index (χ0n) is 23.2. The van der Waals surface area contributed by atoms with E-state index in [1.807, 2.05) is 42.5 Å². The lowest BCUT2D eigenvalue weighted by atomic mass is 9.83. The van der Waals surface area contributed by atoms with Gasteiger partial charge in [0.1, 0.15) is 11.0 Å². The summed E-state index contributed by atoms with van der Waals surface area (Å²) in [7, 11) is 0. The first kappa shape index (κ1) is 28.5. The minimum absolute atomic E-state index is 0.157. The molecule has 11 nitrogen and oxygen atoms in total. The van der Waals surface area contributed by atoms with Gasteiger partial charge in [0.2, 0.25) is 11.8 Å². The normalized spacial score (nSPS) is 18.8. The van der Waals surface area contributed by atoms with Gasteiger partial charge in [-0.15, -0.1) is 0 Å². The number of nitrogens with zero attached hydrogens (tertiary/aromatic N) is 2. The lowest BCUT2D eigenvalue weighted by Gasteiger charge is -2.29. The minimum atomic E-state index is -0.810. The highest BCUT2D eigenvalue weighted by Gasteiger charge is 2.56. The van der Waals surface area contributed by atoms with Gasteiger partial charge in [-0.2, -0.15) is 0 Å². The van der Waals surface area contributed by atoms with Crippen molar-refractivity contribution in [2.45, 2.75) is 16.2 Å². The van der Waals surface area contributed by atoms with Crippen molar-refractivity contribution in [3.63, 3.8) is 0 Å². The van der Waals surface area contributed by atoms with E-state index in [4.69, 9.17) is 4.74 Å². The molecule has 1 aromatic heterocycles. The van der Waals surface area contributed by atoms with Gasteiger partial charge in [0.25, 0.3) is 11.6 Å². The van der Waals surface area contributed by atoms with Crippen LogP contribution >= 0.6 is 23.1 Å². The number of benzene rings is 4. The largest absolute Gasteiger partial charge is 0.484 e. The van der Waals surface area contributed by atoms with Gasteiger partial charge in [0, 0.05) is 34.0 Å². The number of carbonyl (C=O) groups is 3. The second-order valence-electron chi connectivity index (χ2n) is 10.5. The fourth-order valence-corrected chi connectivity index (χ4v) is 8.31. The standard InChI is InChI=1S/C32H22N4O7S2/c37-24(33-23-7-3-5-17-4-1-2-6-22(17)23)16-43-21-14-8-18(9-15-21)25-26-28(44-29-27(25)45-32(40)34-29)31(39)35(30(26)38)19-10-12-20(13-11-19)36(41)42/h1-15,25-26,28H,16H2,(H,33,37)(H,34,40). The van der Waals surface area contributed by atoms with Crippen molar-refractivity contribution in [3.8, 4) is 5.75 Å². The van der Waals surface area contributed by atoms with Crippen LogP contribution in [-0.2, 0) is 14.4 Å². The average molecular weight is 639 g/mol. The summed E-state index contributed by atoms with van der Waals surface area (Å²) in [6.45, 7) is -0.228. The molecular formula is C32H22N4O7S2. The van der Waals surface area contributed by atoms with Crippen LogP contribution in [0, 0.1) is 16.0 Å². The number of carbonyl (C=O) groups excluding carboxylic acids is 3. The highest BCUT2D eigenvalue weighted by Crippen LogP contribution is 2.53. The first-order chi connectivity index (χ1) is 21.8. The zero-order chi connectivity index (χ0) is 31.2. The Labute approximate surface area is 263 Å². The molecule has 0 aliphatic carbocycles. The van der Waals surface area contributed by atoms with Crippen molar-refractivity contribution < 1.29 is 24.0 Å². The molecule has 2 N–H and O–H groups in total. The van der Waals surface area contributed by atoms with E-state index in [0.717, 1.165) is 38.8 Å². The topological polar surface area (TPSA) is 152 Å². The van der Waals surface area contributed by atoms with Gasteiger partial charge in [-0.05, 0) is 41.3 Å². The monoisotopic (exact) mass is 638 g/mol. The maximum Gasteiger partial charge on any atom is 0.305 e. The van der Waals surface area contributed by atoms with Crippen LogP contribution in [0.15, 0.2) is 101 Å². The summed E-state index contributed by atoms with van der Waals surface area (Å²) in [5.74, 6) is -2.21. The summed E-state index contributed by atoms with van der Waals surface area (Å²) >= 11 is 2.14. The average Bonchev–Trinajstić information content (AvgIpc) is 3.54. The Morgan fingerprint density at radius 1 is 0.933 bits per heavy atom. The maximum atomic E-state index is 13.9. The number of thiazole rings is 1. The van der Waals surface area contributed by atoms with E-state index < -0.39 is 33.8 Å². The number of amides is 3. The number of nitrogens with one attached hydrogen (secondary N) is 2. The van der Waals surface area contributed by atoms with E-state index in [2.05, 4.69) is 10.3 Å². The molecule has 45 heavy (non-hydrogen) atoms. The number of hydrogen-bond acceptors (Lipinski definition) is 9. The molecule has 4 aromatic carbocycles. The highest BCUT2D eigenvalue weighted by atomic mass is 32.2. The molecule has 2 aliphatic rings. The summed E-state index contributed by atoms with van der Waals surface area (Å²) in [6, 6.07) is 25.5. The first-order valence-corrected chi connectivity index (χ1v) is 15.5. The Bertz CT molecular complexity index is 2050. The number of imide groups is 1. The molecular weight excluding hydrogens is 617 g/mol. The summed E-state index contributed by atoms with van der Waals surface area (Å²) in [6.07, 6.45) is 0. The van der Waals surface area contributed by atoms with Gasteiger partial charge >= 0.3 is 4.87 Å². The predicted octanol–water partition coefficient (Wildman–Crippen LogP) is 5.31. The third-order valence-corrected chi connectivity index (χ3v) is 10.2. The molecule has 13 heteroatoms. The molecule has 0 radical (unpaired) electrons. The number of fused-ring (bicyclic) bond motifs is 3. The molecule has 224 valence electrons. The second-order valence-corrected chi connectivity index (χ2v) is 12.6. The van der Waals surface area contributed by atoms with E-state index in [9.17, 15) is 29.3 Å². The zero-order valence-corrected chi connectivity index (χ0v) is 24.8. The van der Waals surface area contributed by atoms with Crippen molar-refractivity contribution in [2.24, 2.45) is 5.92 Å². The van der Waals surface area contributed by atoms with E-state index >= 15 is 0 Å². The molecule has 2 aliphatic heterocycles. The van der Waals surface area contributed by atoms with Crippen LogP contribution < -0.4 is 19.8 Å². The van der Waals surface area contributed by atoms with Crippen LogP contribution in [0.4, 0.5) is 17.1 Å². The van der Waals surface area contributed by atoms with Gasteiger partial charge in [-0.1, -0.05) is 71.6 Å². The van der Waals surface area contributed by atoms with Crippen LogP contribution in [0.25, 0.3) is 10.8 Å². The molecule has 3 unspecified atom stereocenters. The van der Waals surface area contributed by atoms with Crippen LogP contribution in [-0.4, -0.2) is 39.5 Å². The van der Waals surface area contributed by atoms with E-state index in [1.54, 1.807) is 24.3 Å². The predicted molar refractivity (Wildman–Crippen MR) is 170 cm³/mol. The number of non-ortho nitro benzene ring substituents is 1. The smallest absolute Gasteiger partial charge is 0.305 e. The number of rotatable bonds is 7.